The van der Waals surface area contributed by atoms with Gasteiger partial charge in [-0.25, -0.2) is 26.7 Å². The van der Waals surface area contributed by atoms with Crippen LogP contribution in [0.1, 0.15) is 17.3 Å². The molecule has 0 aliphatic heterocycles. The van der Waals surface area contributed by atoms with E-state index in [2.05, 4.69) is 4.74 Å². The first-order chi connectivity index (χ1) is 8.81. The lowest BCUT2D eigenvalue weighted by Crippen LogP contribution is -2.29. The van der Waals surface area contributed by atoms with Crippen LogP contribution in [0.5, 0.6) is 0 Å². The minimum atomic E-state index is -2.95. The van der Waals surface area contributed by atoms with Crippen LogP contribution in [-0.2, 0) is 9.53 Å². The molecule has 0 bridgehead atoms. The Kier molecular flexibility index (Phi) is 4.57. The summed E-state index contributed by atoms with van der Waals surface area (Å²) < 4.78 is 68.9. The van der Waals surface area contributed by atoms with E-state index in [4.69, 9.17) is 0 Å². The summed E-state index contributed by atoms with van der Waals surface area (Å²) in [5, 5.41) is 0. The van der Waals surface area contributed by atoms with Gasteiger partial charge >= 0.3 is 5.97 Å². The van der Waals surface area contributed by atoms with Crippen molar-refractivity contribution >= 4 is 11.8 Å². The number of rotatable bonds is 4. The number of benzene rings is 1. The Bertz CT molecular complexity index is 530. The van der Waals surface area contributed by atoms with Crippen LogP contribution < -0.4 is 0 Å². The molecule has 0 N–H and O–H groups in total. The van der Waals surface area contributed by atoms with Gasteiger partial charge < -0.3 is 4.74 Å². The maximum Gasteiger partial charge on any atom is 0.349 e. The molecule has 8 heteroatoms. The Hall–Kier alpha value is -1.99. The van der Waals surface area contributed by atoms with Gasteiger partial charge in [0.25, 0.3) is 6.17 Å². The van der Waals surface area contributed by atoms with Gasteiger partial charge in [-0.2, -0.15) is 0 Å². The van der Waals surface area contributed by atoms with Crippen molar-refractivity contribution in [3.8, 4) is 0 Å². The number of carbonyl (C=O) groups is 2. The fourth-order valence-electron chi connectivity index (χ4n) is 1.21. The zero-order valence-electron chi connectivity index (χ0n) is 9.48. The Morgan fingerprint density at radius 2 is 1.74 bits per heavy atom. The zero-order valence-corrected chi connectivity index (χ0v) is 9.48. The molecule has 0 saturated heterocycles. The molecule has 0 unspecified atom stereocenters. The molecular weight excluding hydrogens is 275 g/mol. The van der Waals surface area contributed by atoms with Gasteiger partial charge in [0.2, 0.25) is 5.78 Å². The van der Waals surface area contributed by atoms with Crippen molar-refractivity contribution in [2.75, 3.05) is 6.61 Å². The standard InChI is InChI=1S/C11H7F5O3/c1-2-19-11(18)9(16)10(17)4-3-5(12)7(14)8(15)6(4)13/h3,9H,2H2,1H3/t9-/m0/s1. The fourth-order valence-corrected chi connectivity index (χ4v) is 1.21. The van der Waals surface area contributed by atoms with E-state index in [1.165, 1.54) is 6.92 Å². The number of hydrogen-bond donors (Lipinski definition) is 0. The van der Waals surface area contributed by atoms with Crippen molar-refractivity contribution < 1.29 is 36.3 Å². The summed E-state index contributed by atoms with van der Waals surface area (Å²) in [5.74, 6) is -11.8. The van der Waals surface area contributed by atoms with Crippen LogP contribution in [0.15, 0.2) is 6.07 Å². The molecule has 104 valence electrons. The third-order valence-electron chi connectivity index (χ3n) is 2.09. The Morgan fingerprint density at radius 1 is 1.16 bits per heavy atom. The van der Waals surface area contributed by atoms with Crippen molar-refractivity contribution in [3.63, 3.8) is 0 Å². The molecule has 0 saturated carbocycles. The quantitative estimate of drug-likeness (QED) is 0.212. The van der Waals surface area contributed by atoms with Crippen LogP contribution in [-0.4, -0.2) is 24.5 Å². The Morgan fingerprint density at radius 3 is 2.26 bits per heavy atom. The topological polar surface area (TPSA) is 43.4 Å². The summed E-state index contributed by atoms with van der Waals surface area (Å²) in [4.78, 5) is 22.2. The predicted molar refractivity (Wildman–Crippen MR) is 52.1 cm³/mol. The highest BCUT2D eigenvalue weighted by atomic mass is 19.2. The molecule has 1 aromatic carbocycles. The Balaban J connectivity index is 3.17. The average Bonchev–Trinajstić information content (AvgIpc) is 2.39. The summed E-state index contributed by atoms with van der Waals surface area (Å²) in [5.41, 5.74) is -1.41. The van der Waals surface area contributed by atoms with E-state index in [9.17, 15) is 31.5 Å². The van der Waals surface area contributed by atoms with Gasteiger partial charge in [0.05, 0.1) is 12.2 Å². The molecular formula is C11H7F5O3. The van der Waals surface area contributed by atoms with Gasteiger partial charge in [-0.3, -0.25) is 4.79 Å². The summed E-state index contributed by atoms with van der Waals surface area (Å²) in [6, 6.07) is -0.0259. The van der Waals surface area contributed by atoms with Crippen molar-refractivity contribution in [3.05, 3.63) is 34.9 Å². The third kappa shape index (κ3) is 2.88. The number of esters is 1. The van der Waals surface area contributed by atoms with Gasteiger partial charge in [-0.1, -0.05) is 0 Å². The summed E-state index contributed by atoms with van der Waals surface area (Å²) >= 11 is 0. The highest BCUT2D eigenvalue weighted by molar-refractivity contribution is 6.11. The molecule has 3 nitrogen and oxygen atoms in total. The smallest absolute Gasteiger partial charge is 0.349 e. The van der Waals surface area contributed by atoms with E-state index in [1.807, 2.05) is 0 Å². The van der Waals surface area contributed by atoms with Gasteiger partial charge in [0, 0.05) is 0 Å². The highest BCUT2D eigenvalue weighted by Crippen LogP contribution is 2.20. The normalized spacial score (nSPS) is 12.1. The lowest BCUT2D eigenvalue weighted by Gasteiger charge is -2.08. The summed E-state index contributed by atoms with van der Waals surface area (Å²) in [6.07, 6.45) is -2.95. The SMILES string of the molecule is CCOC(=O)[C@@H](F)C(=O)c1cc(F)c(F)c(F)c1F. The van der Waals surface area contributed by atoms with E-state index in [0.717, 1.165) is 0 Å². The first-order valence-corrected chi connectivity index (χ1v) is 4.99. The molecule has 0 fully saturated rings. The molecule has 0 spiro atoms. The van der Waals surface area contributed by atoms with Crippen LogP contribution in [0.25, 0.3) is 0 Å². The molecule has 1 aromatic rings. The van der Waals surface area contributed by atoms with E-state index in [-0.39, 0.29) is 12.7 Å². The summed E-state index contributed by atoms with van der Waals surface area (Å²) in [6.45, 7) is 1.08. The van der Waals surface area contributed by atoms with Crippen molar-refractivity contribution in [2.45, 2.75) is 13.1 Å². The van der Waals surface area contributed by atoms with Crippen LogP contribution in [0.2, 0.25) is 0 Å². The highest BCUT2D eigenvalue weighted by Gasteiger charge is 2.33. The number of Topliss-reactive ketones (excluding diaryl/α,β-unsaturated/α-hetero) is 1. The molecule has 0 aromatic heterocycles. The first kappa shape index (κ1) is 15.1. The number of hydrogen-bond acceptors (Lipinski definition) is 3. The second kappa shape index (κ2) is 5.77. The minimum absolute atomic E-state index is 0.0259. The van der Waals surface area contributed by atoms with Crippen LogP contribution in [0.3, 0.4) is 0 Å². The maximum atomic E-state index is 13.3. The number of halogens is 5. The fraction of sp³-hybridized carbons (Fsp3) is 0.273. The largest absolute Gasteiger partial charge is 0.463 e. The van der Waals surface area contributed by atoms with Crippen LogP contribution in [0, 0.1) is 23.3 Å². The third-order valence-corrected chi connectivity index (χ3v) is 2.09. The lowest BCUT2D eigenvalue weighted by molar-refractivity contribution is -0.147. The molecule has 1 rings (SSSR count). The van der Waals surface area contributed by atoms with Gasteiger partial charge in [0.1, 0.15) is 0 Å². The second-order valence-corrected chi connectivity index (χ2v) is 3.33. The van der Waals surface area contributed by atoms with Gasteiger partial charge in [-0.15, -0.1) is 0 Å². The molecule has 0 heterocycles. The monoisotopic (exact) mass is 282 g/mol. The molecule has 0 aliphatic carbocycles. The summed E-state index contributed by atoms with van der Waals surface area (Å²) in [7, 11) is 0. The van der Waals surface area contributed by atoms with Crippen molar-refractivity contribution in [1.29, 1.82) is 0 Å². The van der Waals surface area contributed by atoms with E-state index in [0.29, 0.717) is 0 Å². The Labute approximate surface area is 104 Å². The molecule has 0 aliphatic rings. The molecule has 0 radical (unpaired) electrons. The number of alkyl halides is 1. The number of ketones is 1. The van der Waals surface area contributed by atoms with Crippen LogP contribution in [0.4, 0.5) is 22.0 Å². The maximum absolute atomic E-state index is 13.3. The van der Waals surface area contributed by atoms with E-state index >= 15 is 0 Å². The number of carbonyl (C=O) groups excluding carboxylic acids is 2. The molecule has 1 atom stereocenters. The zero-order chi connectivity index (χ0) is 14.7. The number of ether oxygens (including phenoxy) is 1. The average molecular weight is 282 g/mol. The van der Waals surface area contributed by atoms with Crippen molar-refractivity contribution in [2.24, 2.45) is 0 Å². The molecule has 0 amide bonds. The molecule has 19 heavy (non-hydrogen) atoms. The van der Waals surface area contributed by atoms with Gasteiger partial charge in [-0.05, 0) is 13.0 Å². The van der Waals surface area contributed by atoms with Crippen LogP contribution >= 0.6 is 0 Å². The predicted octanol–water partition coefficient (Wildman–Crippen LogP) is 2.33. The lowest BCUT2D eigenvalue weighted by atomic mass is 10.1. The minimum Gasteiger partial charge on any atom is -0.463 e. The van der Waals surface area contributed by atoms with E-state index in [1.54, 1.807) is 0 Å². The van der Waals surface area contributed by atoms with Crippen molar-refractivity contribution in [1.82, 2.24) is 0 Å². The van der Waals surface area contributed by atoms with Gasteiger partial charge in [0.15, 0.2) is 23.3 Å². The second-order valence-electron chi connectivity index (χ2n) is 3.33. The van der Waals surface area contributed by atoms with E-state index < -0.39 is 46.8 Å². The first-order valence-electron chi connectivity index (χ1n) is 4.99.